The highest BCUT2D eigenvalue weighted by Gasteiger charge is 2.21. The van der Waals surface area contributed by atoms with Gasteiger partial charge in [-0.05, 0) is 38.8 Å². The monoisotopic (exact) mass is 405 g/mol. The standard InChI is InChI=1S/C20H15N5O3S/c26-29(27,19-10-4-9-18-20(19)23-28-22-18)24-16-11-21-25(13-16)12-15-7-3-6-14-5-1-2-8-17(14)15/h1-11,13,24H,12H2. The van der Waals surface area contributed by atoms with E-state index in [2.05, 4.69) is 43.0 Å². The number of aromatic nitrogens is 4. The second kappa shape index (κ2) is 6.71. The lowest BCUT2D eigenvalue weighted by Gasteiger charge is -2.07. The maximum atomic E-state index is 12.8. The largest absolute Gasteiger partial charge is 0.276 e. The molecule has 0 bridgehead atoms. The Morgan fingerprint density at radius 3 is 2.72 bits per heavy atom. The molecule has 0 aliphatic heterocycles. The Bertz CT molecular complexity index is 1430. The molecule has 0 amide bonds. The fourth-order valence-corrected chi connectivity index (χ4v) is 4.50. The Kier molecular flexibility index (Phi) is 4.02. The molecule has 0 radical (unpaired) electrons. The van der Waals surface area contributed by atoms with Crippen molar-refractivity contribution in [2.45, 2.75) is 11.4 Å². The lowest BCUT2D eigenvalue weighted by atomic mass is 10.0. The van der Waals surface area contributed by atoms with Gasteiger partial charge in [0, 0.05) is 6.20 Å². The molecule has 2 aromatic heterocycles. The van der Waals surface area contributed by atoms with Crippen molar-refractivity contribution in [3.8, 4) is 0 Å². The van der Waals surface area contributed by atoms with Gasteiger partial charge in [-0.15, -0.1) is 0 Å². The second-order valence-electron chi connectivity index (χ2n) is 6.56. The molecule has 0 atom stereocenters. The van der Waals surface area contributed by atoms with E-state index in [1.54, 1.807) is 23.0 Å². The number of sulfonamides is 1. The molecular weight excluding hydrogens is 390 g/mol. The van der Waals surface area contributed by atoms with Crippen LogP contribution < -0.4 is 4.72 Å². The molecule has 0 saturated heterocycles. The normalized spacial score (nSPS) is 11.9. The lowest BCUT2D eigenvalue weighted by Crippen LogP contribution is -2.13. The van der Waals surface area contributed by atoms with Crippen LogP contribution in [0.3, 0.4) is 0 Å². The lowest BCUT2D eigenvalue weighted by molar-refractivity contribution is 0.315. The molecule has 0 saturated carbocycles. The first kappa shape index (κ1) is 17.4. The van der Waals surface area contributed by atoms with Gasteiger partial charge in [0.2, 0.25) is 0 Å². The van der Waals surface area contributed by atoms with Gasteiger partial charge in [-0.25, -0.2) is 13.0 Å². The van der Waals surface area contributed by atoms with Crippen molar-refractivity contribution in [3.63, 3.8) is 0 Å². The van der Waals surface area contributed by atoms with Gasteiger partial charge in [0.25, 0.3) is 10.0 Å². The van der Waals surface area contributed by atoms with E-state index in [9.17, 15) is 8.42 Å². The quantitative estimate of drug-likeness (QED) is 0.481. The third kappa shape index (κ3) is 3.21. The molecule has 8 nitrogen and oxygen atoms in total. The summed E-state index contributed by atoms with van der Waals surface area (Å²) in [6.07, 6.45) is 3.13. The van der Waals surface area contributed by atoms with Crippen LogP contribution in [0, 0.1) is 0 Å². The van der Waals surface area contributed by atoms with E-state index in [1.165, 1.54) is 12.3 Å². The smallest absolute Gasteiger partial charge is 0.264 e. The van der Waals surface area contributed by atoms with Crippen molar-refractivity contribution in [2.75, 3.05) is 4.72 Å². The summed E-state index contributed by atoms with van der Waals surface area (Å²) in [5.74, 6) is 0. The van der Waals surface area contributed by atoms with Crippen molar-refractivity contribution in [1.82, 2.24) is 20.1 Å². The predicted molar refractivity (Wildman–Crippen MR) is 108 cm³/mol. The van der Waals surface area contributed by atoms with E-state index >= 15 is 0 Å². The fourth-order valence-electron chi connectivity index (χ4n) is 3.32. The molecule has 29 heavy (non-hydrogen) atoms. The fraction of sp³-hybridized carbons (Fsp3) is 0.0500. The average Bonchev–Trinajstić information content (AvgIpc) is 3.37. The van der Waals surface area contributed by atoms with Crippen LogP contribution in [0.2, 0.25) is 0 Å². The van der Waals surface area contributed by atoms with Crippen LogP contribution >= 0.6 is 0 Å². The molecular formula is C20H15N5O3S. The summed E-state index contributed by atoms with van der Waals surface area (Å²) in [6.45, 7) is 0.520. The third-order valence-electron chi connectivity index (χ3n) is 4.64. The summed E-state index contributed by atoms with van der Waals surface area (Å²) in [6, 6.07) is 18.9. The number of nitrogens with zero attached hydrogens (tertiary/aromatic N) is 4. The van der Waals surface area contributed by atoms with E-state index in [0.29, 0.717) is 17.7 Å². The average molecular weight is 405 g/mol. The highest BCUT2D eigenvalue weighted by atomic mass is 32.2. The van der Waals surface area contributed by atoms with Gasteiger partial charge in [0.15, 0.2) is 5.52 Å². The molecule has 0 unspecified atom stereocenters. The van der Waals surface area contributed by atoms with Gasteiger partial charge in [-0.1, -0.05) is 48.5 Å². The van der Waals surface area contributed by atoms with Gasteiger partial charge in [-0.2, -0.15) is 5.10 Å². The van der Waals surface area contributed by atoms with Gasteiger partial charge in [0.05, 0.1) is 18.4 Å². The zero-order chi connectivity index (χ0) is 19.8. The summed E-state index contributed by atoms with van der Waals surface area (Å²) in [7, 11) is -3.87. The van der Waals surface area contributed by atoms with E-state index in [-0.39, 0.29) is 10.4 Å². The summed E-state index contributed by atoms with van der Waals surface area (Å²) < 4.78 is 34.5. The minimum atomic E-state index is -3.87. The summed E-state index contributed by atoms with van der Waals surface area (Å²) in [5.41, 5.74) is 2.01. The Balaban J connectivity index is 1.42. The minimum Gasteiger partial charge on any atom is -0.276 e. The zero-order valence-corrected chi connectivity index (χ0v) is 15.9. The number of hydrogen-bond acceptors (Lipinski definition) is 6. The van der Waals surface area contributed by atoms with Crippen LogP contribution in [0.25, 0.3) is 21.8 Å². The Hall–Kier alpha value is -3.72. The maximum Gasteiger partial charge on any atom is 0.264 e. The topological polar surface area (TPSA) is 103 Å². The van der Waals surface area contributed by atoms with Crippen LogP contribution in [0.4, 0.5) is 5.69 Å². The SMILES string of the molecule is O=S(=O)(Nc1cnn(Cc2cccc3ccccc23)c1)c1cccc2nonc12. The summed E-state index contributed by atoms with van der Waals surface area (Å²) >= 11 is 0. The molecule has 0 aliphatic carbocycles. The van der Waals surface area contributed by atoms with Crippen molar-refractivity contribution in [3.05, 3.63) is 78.6 Å². The third-order valence-corrected chi connectivity index (χ3v) is 6.05. The Labute approximate surface area is 165 Å². The molecule has 9 heteroatoms. The van der Waals surface area contributed by atoms with Crippen molar-refractivity contribution in [2.24, 2.45) is 0 Å². The Morgan fingerprint density at radius 2 is 1.79 bits per heavy atom. The highest BCUT2D eigenvalue weighted by molar-refractivity contribution is 7.93. The number of rotatable bonds is 5. The molecule has 5 rings (SSSR count). The van der Waals surface area contributed by atoms with Gasteiger partial charge >= 0.3 is 0 Å². The number of benzene rings is 3. The zero-order valence-electron chi connectivity index (χ0n) is 15.1. The van der Waals surface area contributed by atoms with Gasteiger partial charge < -0.3 is 0 Å². The highest BCUT2D eigenvalue weighted by Crippen LogP contribution is 2.23. The van der Waals surface area contributed by atoms with Crippen molar-refractivity contribution < 1.29 is 13.0 Å². The summed E-state index contributed by atoms with van der Waals surface area (Å²) in [4.78, 5) is -0.00180. The van der Waals surface area contributed by atoms with Crippen LogP contribution in [0.1, 0.15) is 5.56 Å². The van der Waals surface area contributed by atoms with Gasteiger partial charge in [-0.3, -0.25) is 9.40 Å². The number of hydrogen-bond donors (Lipinski definition) is 1. The number of anilines is 1. The minimum absolute atomic E-state index is 0.00180. The van der Waals surface area contributed by atoms with E-state index in [4.69, 9.17) is 0 Å². The Morgan fingerprint density at radius 1 is 0.966 bits per heavy atom. The first-order chi connectivity index (χ1) is 14.1. The number of fused-ring (bicyclic) bond motifs is 2. The van der Waals surface area contributed by atoms with Gasteiger partial charge in [0.1, 0.15) is 10.4 Å². The van der Waals surface area contributed by atoms with Crippen molar-refractivity contribution >= 4 is 37.5 Å². The van der Waals surface area contributed by atoms with E-state index in [0.717, 1.165) is 16.3 Å². The molecule has 0 aliphatic rings. The molecule has 2 heterocycles. The maximum absolute atomic E-state index is 12.8. The van der Waals surface area contributed by atoms with Crippen molar-refractivity contribution in [1.29, 1.82) is 0 Å². The molecule has 144 valence electrons. The molecule has 5 aromatic rings. The first-order valence-electron chi connectivity index (χ1n) is 8.83. The van der Waals surface area contributed by atoms with Crippen LogP contribution in [-0.4, -0.2) is 28.5 Å². The second-order valence-corrected chi connectivity index (χ2v) is 8.21. The van der Waals surface area contributed by atoms with E-state index < -0.39 is 10.0 Å². The number of nitrogens with one attached hydrogen (secondary N) is 1. The molecule has 1 N–H and O–H groups in total. The van der Waals surface area contributed by atoms with E-state index in [1.807, 2.05) is 24.3 Å². The summed E-state index contributed by atoms with van der Waals surface area (Å²) in [5, 5.41) is 13.9. The predicted octanol–water partition coefficient (Wildman–Crippen LogP) is 3.42. The first-order valence-corrected chi connectivity index (χ1v) is 10.3. The van der Waals surface area contributed by atoms with Crippen LogP contribution in [-0.2, 0) is 16.6 Å². The molecule has 3 aromatic carbocycles. The molecule has 0 spiro atoms. The van der Waals surface area contributed by atoms with Crippen LogP contribution in [0.5, 0.6) is 0 Å². The molecule has 0 fully saturated rings. The van der Waals surface area contributed by atoms with Crippen LogP contribution in [0.15, 0.2) is 82.6 Å².